The maximum absolute atomic E-state index is 12.3. The molecule has 5 nitrogen and oxygen atoms in total. The molecule has 23 heavy (non-hydrogen) atoms. The second-order valence-corrected chi connectivity index (χ2v) is 6.74. The molecule has 0 radical (unpaired) electrons. The number of thiazole rings is 1. The number of carbonyl (C=O) groups is 1. The Labute approximate surface area is 141 Å². The first kappa shape index (κ1) is 14.8. The lowest BCUT2D eigenvalue weighted by Gasteiger charge is -2.18. The molecule has 1 saturated heterocycles. The lowest BCUT2D eigenvalue weighted by molar-refractivity contribution is -0.123. The number of hydrogen-bond acceptors (Lipinski definition) is 5. The minimum atomic E-state index is -0.601. The summed E-state index contributed by atoms with van der Waals surface area (Å²) in [5.74, 6) is -0.212. The summed E-state index contributed by atoms with van der Waals surface area (Å²) < 4.78 is 7.73. The van der Waals surface area contributed by atoms with Crippen molar-refractivity contribution in [2.24, 2.45) is 0 Å². The van der Waals surface area contributed by atoms with E-state index >= 15 is 0 Å². The van der Waals surface area contributed by atoms with Gasteiger partial charge in [-0.05, 0) is 31.4 Å². The fraction of sp³-hybridized carbons (Fsp3) is 0.412. The summed E-state index contributed by atoms with van der Waals surface area (Å²) in [6.07, 6.45) is -0.290. The molecule has 3 rings (SSSR count). The Bertz CT molecular complexity index is 719. The topological polar surface area (TPSA) is 74.2 Å². The van der Waals surface area contributed by atoms with Gasteiger partial charge in [0.2, 0.25) is 5.91 Å². The molecule has 2 heterocycles. The molecule has 0 saturated carbocycles. The monoisotopic (exact) mass is 332 g/mol. The van der Waals surface area contributed by atoms with E-state index in [1.54, 1.807) is 11.3 Å². The van der Waals surface area contributed by atoms with Gasteiger partial charge in [-0.1, -0.05) is 24.3 Å². The summed E-state index contributed by atoms with van der Waals surface area (Å²) in [5.41, 5.74) is 4.98. The van der Waals surface area contributed by atoms with Gasteiger partial charge in [0.25, 0.3) is 0 Å². The predicted octanol–water partition coefficient (Wildman–Crippen LogP) is 2.02. The van der Waals surface area contributed by atoms with Gasteiger partial charge in [0, 0.05) is 6.54 Å². The molecule has 6 heteroatoms. The highest BCUT2D eigenvalue weighted by Gasteiger charge is 2.28. The molecular formula is C17H21N3O2S. The summed E-state index contributed by atoms with van der Waals surface area (Å²) in [6.45, 7) is 4.13. The van der Waals surface area contributed by atoms with Crippen LogP contribution in [0.3, 0.4) is 0 Å². The number of benzene rings is 1. The highest BCUT2D eigenvalue weighted by Crippen LogP contribution is 2.28. The smallest absolute Gasteiger partial charge is 0.237 e. The molecule has 3 atom stereocenters. The van der Waals surface area contributed by atoms with E-state index in [4.69, 9.17) is 1.41 Å². The lowest BCUT2D eigenvalue weighted by atomic mass is 10.0. The normalized spacial score (nSPS) is 23.5. The summed E-state index contributed by atoms with van der Waals surface area (Å²) in [7, 11) is 0. The Morgan fingerprint density at radius 3 is 2.83 bits per heavy atom. The Morgan fingerprint density at radius 1 is 1.52 bits per heavy atom. The molecule has 1 aliphatic heterocycles. The van der Waals surface area contributed by atoms with Gasteiger partial charge >= 0.3 is 0 Å². The van der Waals surface area contributed by atoms with Crippen LogP contribution in [-0.4, -0.2) is 34.7 Å². The van der Waals surface area contributed by atoms with Crippen LogP contribution in [0.15, 0.2) is 29.8 Å². The quantitative estimate of drug-likeness (QED) is 0.801. The van der Waals surface area contributed by atoms with Crippen molar-refractivity contribution < 1.29 is 11.3 Å². The molecule has 1 fully saturated rings. The highest BCUT2D eigenvalue weighted by molar-refractivity contribution is 7.13. The molecule has 3 N–H and O–H groups in total. The van der Waals surface area contributed by atoms with Gasteiger partial charge in [0.15, 0.2) is 0 Å². The molecule has 0 bridgehead atoms. The minimum Gasteiger partial charge on any atom is -0.392 e. The average Bonchev–Trinajstić information content (AvgIpc) is 3.12. The molecule has 0 aliphatic carbocycles. The van der Waals surface area contributed by atoms with Gasteiger partial charge < -0.3 is 15.7 Å². The standard InChI is InChI=1S/C17H21N3O2S/c1-10(20-17(22)15-7-14(21)8-18-15)12-3-5-13(6-4-12)16-11(2)19-9-23-16/h3-6,9-10,14-15,18,21H,7-8H2,1-2H3,(H,20,22)/t10-,14?,15-/m1/s1/i/hD. The van der Waals surface area contributed by atoms with Crippen molar-refractivity contribution in [2.75, 3.05) is 6.54 Å². The number of aliphatic hydroxyl groups excluding tert-OH is 1. The summed E-state index contributed by atoms with van der Waals surface area (Å²) in [6, 6.07) is 7.34. The first-order chi connectivity index (χ1) is 11.5. The average molecular weight is 332 g/mol. The third-order valence-electron chi connectivity index (χ3n) is 4.11. The van der Waals surface area contributed by atoms with E-state index in [2.05, 4.69) is 10.3 Å². The van der Waals surface area contributed by atoms with Crippen LogP contribution in [0.2, 0.25) is 1.41 Å². The number of nitrogens with one attached hydrogen (secondary N) is 2. The van der Waals surface area contributed by atoms with Gasteiger partial charge in [-0.3, -0.25) is 4.79 Å². The van der Waals surface area contributed by atoms with Gasteiger partial charge in [0.05, 0.1) is 34.3 Å². The number of nitrogens with zero attached hydrogens (tertiary/aromatic N) is 1. The van der Waals surface area contributed by atoms with Crippen LogP contribution < -0.4 is 10.6 Å². The van der Waals surface area contributed by atoms with Crippen LogP contribution >= 0.6 is 11.3 Å². The fourth-order valence-corrected chi connectivity index (χ4v) is 3.55. The van der Waals surface area contributed by atoms with Crippen molar-refractivity contribution in [3.8, 4) is 10.4 Å². The van der Waals surface area contributed by atoms with E-state index in [9.17, 15) is 9.90 Å². The zero-order chi connectivity index (χ0) is 17.3. The zero-order valence-corrected chi connectivity index (χ0v) is 14.0. The summed E-state index contributed by atoms with van der Waals surface area (Å²) >= 11 is 1.61. The lowest BCUT2D eigenvalue weighted by Crippen LogP contribution is -2.41. The molecular weight excluding hydrogens is 310 g/mol. The molecule has 1 unspecified atom stereocenters. The second kappa shape index (κ2) is 6.78. The maximum Gasteiger partial charge on any atom is 0.237 e. The summed E-state index contributed by atoms with van der Waals surface area (Å²) in [5, 5.41) is 13.7. The SMILES string of the molecule is [2H]N1CC(O)C[C@@H]1C(=O)N[C@H](C)c1ccc(-c2scnc2C)cc1. The van der Waals surface area contributed by atoms with Crippen LogP contribution in [0.1, 0.15) is 30.6 Å². The molecule has 0 spiro atoms. The van der Waals surface area contributed by atoms with Crippen molar-refractivity contribution in [3.05, 3.63) is 41.0 Å². The molecule has 1 aromatic heterocycles. The van der Waals surface area contributed by atoms with Crippen LogP contribution in [0, 0.1) is 6.92 Å². The van der Waals surface area contributed by atoms with Crippen LogP contribution in [0.4, 0.5) is 0 Å². The largest absolute Gasteiger partial charge is 0.392 e. The number of β-amino-alcohol motifs (C(OH)–C–C–N with tert-alkyl or cyclic N) is 1. The minimum absolute atomic E-state index is 0.153. The van der Waals surface area contributed by atoms with E-state index in [0.717, 1.165) is 27.0 Å². The highest BCUT2D eigenvalue weighted by atomic mass is 32.1. The van der Waals surface area contributed by atoms with Gasteiger partial charge in [0.1, 0.15) is 1.41 Å². The molecule has 122 valence electrons. The van der Waals surface area contributed by atoms with Crippen LogP contribution in [0.5, 0.6) is 0 Å². The van der Waals surface area contributed by atoms with Crippen molar-refractivity contribution in [1.82, 2.24) is 15.6 Å². The number of hydrogen-bond donors (Lipinski definition) is 3. The predicted molar refractivity (Wildman–Crippen MR) is 91.3 cm³/mol. The van der Waals surface area contributed by atoms with Crippen molar-refractivity contribution in [1.29, 1.82) is 0 Å². The number of aliphatic hydroxyl groups is 1. The van der Waals surface area contributed by atoms with Crippen molar-refractivity contribution >= 4 is 17.2 Å². The van der Waals surface area contributed by atoms with Gasteiger partial charge in [-0.15, -0.1) is 11.3 Å². The van der Waals surface area contributed by atoms with Crippen LogP contribution in [-0.2, 0) is 4.79 Å². The van der Waals surface area contributed by atoms with Gasteiger partial charge in [-0.25, -0.2) is 4.98 Å². The fourth-order valence-electron chi connectivity index (χ4n) is 2.74. The molecule has 2 aromatic rings. The Balaban J connectivity index is 1.66. The Morgan fingerprint density at radius 2 is 2.26 bits per heavy atom. The third-order valence-corrected chi connectivity index (χ3v) is 5.09. The second-order valence-electron chi connectivity index (χ2n) is 5.89. The first-order valence-electron chi connectivity index (χ1n) is 8.15. The molecule has 1 amide bonds. The zero-order valence-electron chi connectivity index (χ0n) is 14.2. The van der Waals surface area contributed by atoms with E-state index in [1.165, 1.54) is 0 Å². The number of amides is 1. The van der Waals surface area contributed by atoms with E-state index in [-0.39, 0.29) is 18.5 Å². The van der Waals surface area contributed by atoms with Gasteiger partial charge in [-0.2, -0.15) is 0 Å². The number of rotatable bonds is 4. The number of aryl methyl sites for hydroxylation is 1. The van der Waals surface area contributed by atoms with Crippen molar-refractivity contribution in [3.63, 3.8) is 0 Å². The third kappa shape index (κ3) is 3.60. The number of carbonyl (C=O) groups excluding carboxylic acids is 1. The van der Waals surface area contributed by atoms with E-state index < -0.39 is 12.1 Å². The van der Waals surface area contributed by atoms with E-state index in [1.807, 2.05) is 43.6 Å². The maximum atomic E-state index is 12.3. The van der Waals surface area contributed by atoms with Crippen LogP contribution in [0.25, 0.3) is 10.4 Å². The molecule has 1 aliphatic rings. The first-order valence-corrected chi connectivity index (χ1v) is 8.58. The number of aromatic nitrogens is 1. The van der Waals surface area contributed by atoms with E-state index in [0.29, 0.717) is 6.42 Å². The Hall–Kier alpha value is -1.76. The summed E-state index contributed by atoms with van der Waals surface area (Å²) in [4.78, 5) is 17.7. The molecule has 1 aromatic carbocycles. The Kier molecular flexibility index (Phi) is 4.37. The van der Waals surface area contributed by atoms with Crippen molar-refractivity contribution in [2.45, 2.75) is 38.5 Å².